The molecule has 0 radical (unpaired) electrons. The molecule has 0 nitrogen and oxygen atoms in total. The lowest BCUT2D eigenvalue weighted by Gasteiger charge is -2.12. The molecule has 0 heterocycles. The lowest BCUT2D eigenvalue weighted by molar-refractivity contribution is -0.136. The Kier molecular flexibility index (Phi) is 2.80. The van der Waals surface area contributed by atoms with Crippen molar-refractivity contribution in [2.24, 2.45) is 0 Å². The molecule has 0 bridgehead atoms. The molecule has 0 aliphatic rings. The standard InChI is InChI=1S/C12H8ClF3/c13-7-8-5-9-3-1-2-4-10(9)11(6-8)12(14,15)16/h1-6H,7H2. The largest absolute Gasteiger partial charge is 0.417 e. The average Bonchev–Trinajstić information content (AvgIpc) is 2.26. The average molecular weight is 245 g/mol. The van der Waals surface area contributed by atoms with E-state index in [4.69, 9.17) is 11.6 Å². The number of hydrogen-bond donors (Lipinski definition) is 0. The summed E-state index contributed by atoms with van der Waals surface area (Å²) >= 11 is 5.58. The third-order valence-electron chi connectivity index (χ3n) is 2.38. The van der Waals surface area contributed by atoms with Gasteiger partial charge in [-0.15, -0.1) is 11.6 Å². The van der Waals surface area contributed by atoms with Crippen molar-refractivity contribution in [3.8, 4) is 0 Å². The fraction of sp³-hybridized carbons (Fsp3) is 0.167. The quantitative estimate of drug-likeness (QED) is 0.643. The van der Waals surface area contributed by atoms with Gasteiger partial charge in [-0.2, -0.15) is 13.2 Å². The molecule has 0 unspecified atom stereocenters. The third-order valence-corrected chi connectivity index (χ3v) is 2.69. The summed E-state index contributed by atoms with van der Waals surface area (Å²) in [6, 6.07) is 9.21. The van der Waals surface area contributed by atoms with E-state index in [-0.39, 0.29) is 11.3 Å². The van der Waals surface area contributed by atoms with Crippen LogP contribution >= 0.6 is 11.6 Å². The van der Waals surface area contributed by atoms with Gasteiger partial charge < -0.3 is 0 Å². The number of fused-ring (bicyclic) bond motifs is 1. The van der Waals surface area contributed by atoms with Crippen LogP contribution in [0, 0.1) is 0 Å². The van der Waals surface area contributed by atoms with Crippen LogP contribution in [0.2, 0.25) is 0 Å². The zero-order valence-electron chi connectivity index (χ0n) is 8.18. The van der Waals surface area contributed by atoms with E-state index in [0.29, 0.717) is 10.9 Å². The normalized spacial score (nSPS) is 12.0. The summed E-state index contributed by atoms with van der Waals surface area (Å²) in [4.78, 5) is 0. The van der Waals surface area contributed by atoms with Gasteiger partial charge in [0, 0.05) is 5.88 Å². The first-order chi connectivity index (χ1) is 7.52. The molecule has 0 atom stereocenters. The van der Waals surface area contributed by atoms with Gasteiger partial charge in [-0.05, 0) is 28.5 Å². The molecule has 16 heavy (non-hydrogen) atoms. The van der Waals surface area contributed by atoms with Gasteiger partial charge in [0.25, 0.3) is 0 Å². The number of benzene rings is 2. The van der Waals surface area contributed by atoms with Crippen molar-refractivity contribution in [3.63, 3.8) is 0 Å². The van der Waals surface area contributed by atoms with Crippen LogP contribution in [0.4, 0.5) is 13.2 Å². The molecule has 84 valence electrons. The van der Waals surface area contributed by atoms with Crippen LogP contribution in [0.15, 0.2) is 36.4 Å². The SMILES string of the molecule is FC(F)(F)c1cc(CCl)cc2ccccc12. The van der Waals surface area contributed by atoms with Crippen molar-refractivity contribution in [2.75, 3.05) is 0 Å². The molecule has 2 rings (SSSR count). The molecule has 0 saturated heterocycles. The number of rotatable bonds is 1. The van der Waals surface area contributed by atoms with E-state index in [1.807, 2.05) is 0 Å². The zero-order valence-corrected chi connectivity index (χ0v) is 8.94. The maximum absolute atomic E-state index is 12.8. The Bertz CT molecular complexity index is 517. The molecule has 0 saturated carbocycles. The molecule has 0 fully saturated rings. The van der Waals surface area contributed by atoms with E-state index < -0.39 is 11.7 Å². The van der Waals surface area contributed by atoms with Crippen LogP contribution in [-0.4, -0.2) is 0 Å². The molecular weight excluding hydrogens is 237 g/mol. The van der Waals surface area contributed by atoms with E-state index in [1.54, 1.807) is 24.3 Å². The van der Waals surface area contributed by atoms with Crippen LogP contribution in [0.3, 0.4) is 0 Å². The number of alkyl halides is 4. The minimum absolute atomic E-state index is 0.0773. The maximum Gasteiger partial charge on any atom is 0.417 e. The molecule has 0 aliphatic heterocycles. The van der Waals surface area contributed by atoms with Gasteiger partial charge in [0.05, 0.1) is 5.56 Å². The van der Waals surface area contributed by atoms with E-state index in [2.05, 4.69) is 0 Å². The van der Waals surface area contributed by atoms with E-state index in [0.717, 1.165) is 6.07 Å². The summed E-state index contributed by atoms with van der Waals surface area (Å²) in [5, 5.41) is 0.775. The predicted molar refractivity (Wildman–Crippen MR) is 58.5 cm³/mol. The predicted octanol–water partition coefficient (Wildman–Crippen LogP) is 4.60. The van der Waals surface area contributed by atoms with Crippen LogP contribution in [-0.2, 0) is 12.1 Å². The van der Waals surface area contributed by atoms with Gasteiger partial charge >= 0.3 is 6.18 Å². The van der Waals surface area contributed by atoms with Crippen molar-refractivity contribution in [1.29, 1.82) is 0 Å². The number of hydrogen-bond acceptors (Lipinski definition) is 0. The van der Waals surface area contributed by atoms with Crippen molar-refractivity contribution in [3.05, 3.63) is 47.5 Å². The lowest BCUT2D eigenvalue weighted by Crippen LogP contribution is -2.06. The first-order valence-electron chi connectivity index (χ1n) is 4.67. The molecule has 0 aromatic heterocycles. The Labute approximate surface area is 95.6 Å². The molecule has 4 heteroatoms. The van der Waals surface area contributed by atoms with Crippen LogP contribution in [0.25, 0.3) is 10.8 Å². The Morgan fingerprint density at radius 1 is 1.06 bits per heavy atom. The highest BCUT2D eigenvalue weighted by molar-refractivity contribution is 6.17. The highest BCUT2D eigenvalue weighted by Gasteiger charge is 2.32. The van der Waals surface area contributed by atoms with Gasteiger partial charge in [-0.25, -0.2) is 0 Å². The topological polar surface area (TPSA) is 0 Å². The van der Waals surface area contributed by atoms with Gasteiger partial charge in [-0.3, -0.25) is 0 Å². The molecule has 0 N–H and O–H groups in total. The molecular formula is C12H8ClF3. The third kappa shape index (κ3) is 2.00. The van der Waals surface area contributed by atoms with E-state index >= 15 is 0 Å². The molecule has 2 aromatic carbocycles. The summed E-state index contributed by atoms with van der Waals surface area (Å²) in [6.07, 6.45) is -4.35. The van der Waals surface area contributed by atoms with Crippen molar-refractivity contribution in [1.82, 2.24) is 0 Å². The van der Waals surface area contributed by atoms with E-state index in [1.165, 1.54) is 6.07 Å². The van der Waals surface area contributed by atoms with Crippen LogP contribution < -0.4 is 0 Å². The van der Waals surface area contributed by atoms with Gasteiger partial charge in [0.2, 0.25) is 0 Å². The lowest BCUT2D eigenvalue weighted by atomic mass is 10.0. The van der Waals surface area contributed by atoms with Crippen molar-refractivity contribution in [2.45, 2.75) is 12.1 Å². The van der Waals surface area contributed by atoms with Crippen LogP contribution in [0.1, 0.15) is 11.1 Å². The minimum atomic E-state index is -4.35. The first kappa shape index (κ1) is 11.3. The Morgan fingerprint density at radius 2 is 1.75 bits per heavy atom. The molecule has 0 amide bonds. The summed E-state index contributed by atoms with van der Waals surface area (Å²) in [6.45, 7) is 0. The fourth-order valence-corrected chi connectivity index (χ4v) is 1.84. The summed E-state index contributed by atoms with van der Waals surface area (Å²) < 4.78 is 38.4. The number of halogens is 4. The smallest absolute Gasteiger partial charge is 0.166 e. The Hall–Kier alpha value is -1.22. The molecule has 2 aromatic rings. The summed E-state index contributed by atoms with van der Waals surface area (Å²) in [5.41, 5.74) is -0.144. The minimum Gasteiger partial charge on any atom is -0.166 e. The van der Waals surface area contributed by atoms with Crippen molar-refractivity contribution >= 4 is 22.4 Å². The summed E-state index contributed by atoms with van der Waals surface area (Å²) in [7, 11) is 0. The van der Waals surface area contributed by atoms with Gasteiger partial charge in [0.15, 0.2) is 0 Å². The highest BCUT2D eigenvalue weighted by atomic mass is 35.5. The van der Waals surface area contributed by atoms with Crippen molar-refractivity contribution < 1.29 is 13.2 Å². The fourth-order valence-electron chi connectivity index (χ4n) is 1.68. The summed E-state index contributed by atoms with van der Waals surface area (Å²) in [5.74, 6) is 0.0773. The monoisotopic (exact) mass is 244 g/mol. The van der Waals surface area contributed by atoms with Gasteiger partial charge in [0.1, 0.15) is 0 Å². The Morgan fingerprint density at radius 3 is 2.38 bits per heavy atom. The second-order valence-electron chi connectivity index (χ2n) is 3.50. The zero-order chi connectivity index (χ0) is 11.8. The molecule has 0 spiro atoms. The van der Waals surface area contributed by atoms with Gasteiger partial charge in [-0.1, -0.05) is 24.3 Å². The van der Waals surface area contributed by atoms with Crippen LogP contribution in [0.5, 0.6) is 0 Å². The second kappa shape index (κ2) is 3.98. The maximum atomic E-state index is 12.8. The first-order valence-corrected chi connectivity index (χ1v) is 5.20. The highest BCUT2D eigenvalue weighted by Crippen LogP contribution is 2.35. The molecule has 0 aliphatic carbocycles. The second-order valence-corrected chi connectivity index (χ2v) is 3.76. The van der Waals surface area contributed by atoms with E-state index in [9.17, 15) is 13.2 Å². The Balaban J connectivity index is 2.79.